The molecule has 2 rings (SSSR count). The molecule has 1 heterocycles. The number of aromatic nitrogens is 2. The smallest absolute Gasteiger partial charge is 0.335 e. The van der Waals surface area contributed by atoms with Crippen molar-refractivity contribution in [1.29, 1.82) is 0 Å². The van der Waals surface area contributed by atoms with Gasteiger partial charge in [-0.05, 0) is 45.4 Å². The van der Waals surface area contributed by atoms with E-state index in [1.807, 2.05) is 32.4 Å². The quantitative estimate of drug-likeness (QED) is 0.908. The van der Waals surface area contributed by atoms with Crippen LogP contribution in [-0.2, 0) is 12.1 Å². The Morgan fingerprint density at radius 3 is 2.30 bits per heavy atom. The maximum absolute atomic E-state index is 12.3. The van der Waals surface area contributed by atoms with Crippen molar-refractivity contribution in [2.45, 2.75) is 39.8 Å². The van der Waals surface area contributed by atoms with Gasteiger partial charge in [-0.1, -0.05) is 12.1 Å². The molecule has 1 aromatic heterocycles. The van der Waals surface area contributed by atoms with Gasteiger partial charge < -0.3 is 10.4 Å². The van der Waals surface area contributed by atoms with Crippen LogP contribution in [0.15, 0.2) is 30.5 Å². The summed E-state index contributed by atoms with van der Waals surface area (Å²) in [5, 5.41) is 16.0. The topological polar surface area (TPSA) is 84.2 Å². The van der Waals surface area contributed by atoms with Crippen LogP contribution in [0.3, 0.4) is 0 Å². The second-order valence-corrected chi connectivity index (χ2v) is 6.41. The van der Waals surface area contributed by atoms with E-state index in [1.165, 1.54) is 12.1 Å². The van der Waals surface area contributed by atoms with Crippen LogP contribution in [0.2, 0.25) is 0 Å². The molecule has 122 valence electrons. The Balaban J connectivity index is 2.05. The third-order valence-electron chi connectivity index (χ3n) is 3.54. The fourth-order valence-corrected chi connectivity index (χ4v) is 2.35. The summed E-state index contributed by atoms with van der Waals surface area (Å²) < 4.78 is 1.82. The average Bonchev–Trinajstić information content (AvgIpc) is 2.87. The summed E-state index contributed by atoms with van der Waals surface area (Å²) >= 11 is 0. The SMILES string of the molecule is Cc1c(C(=O)NCc2ccc(C(=O)O)cc2)cnn1C(C)(C)C. The predicted molar refractivity (Wildman–Crippen MR) is 86.5 cm³/mol. The number of nitrogens with zero attached hydrogens (tertiary/aromatic N) is 2. The minimum absolute atomic E-state index is 0.185. The number of rotatable bonds is 4. The van der Waals surface area contributed by atoms with Gasteiger partial charge in [-0.25, -0.2) is 4.79 Å². The van der Waals surface area contributed by atoms with E-state index in [0.717, 1.165) is 11.3 Å². The van der Waals surface area contributed by atoms with Crippen LogP contribution in [0.4, 0.5) is 0 Å². The van der Waals surface area contributed by atoms with Crippen LogP contribution >= 0.6 is 0 Å². The molecule has 0 atom stereocenters. The molecule has 0 saturated heterocycles. The molecule has 2 aromatic rings. The molecule has 1 amide bonds. The Morgan fingerprint density at radius 1 is 1.22 bits per heavy atom. The second-order valence-electron chi connectivity index (χ2n) is 6.41. The largest absolute Gasteiger partial charge is 0.478 e. The minimum Gasteiger partial charge on any atom is -0.478 e. The van der Waals surface area contributed by atoms with E-state index >= 15 is 0 Å². The highest BCUT2D eigenvalue weighted by Crippen LogP contribution is 2.18. The van der Waals surface area contributed by atoms with Crippen molar-refractivity contribution < 1.29 is 14.7 Å². The van der Waals surface area contributed by atoms with E-state index < -0.39 is 5.97 Å². The zero-order valence-electron chi connectivity index (χ0n) is 13.8. The molecule has 0 aliphatic heterocycles. The molecular formula is C17H21N3O3. The molecule has 0 bridgehead atoms. The molecule has 6 nitrogen and oxygen atoms in total. The summed E-state index contributed by atoms with van der Waals surface area (Å²) in [6, 6.07) is 6.42. The Morgan fingerprint density at radius 2 is 1.83 bits per heavy atom. The van der Waals surface area contributed by atoms with Crippen LogP contribution < -0.4 is 5.32 Å². The van der Waals surface area contributed by atoms with Gasteiger partial charge in [0.25, 0.3) is 5.91 Å². The van der Waals surface area contributed by atoms with E-state index in [0.29, 0.717) is 12.1 Å². The average molecular weight is 315 g/mol. The first-order chi connectivity index (χ1) is 10.7. The number of amides is 1. The van der Waals surface area contributed by atoms with E-state index in [4.69, 9.17) is 5.11 Å². The molecule has 2 N–H and O–H groups in total. The minimum atomic E-state index is -0.967. The van der Waals surface area contributed by atoms with E-state index in [-0.39, 0.29) is 17.0 Å². The number of carboxylic acid groups (broad SMARTS) is 1. The molecule has 0 unspecified atom stereocenters. The summed E-state index contributed by atoms with van der Waals surface area (Å²) in [4.78, 5) is 23.1. The monoisotopic (exact) mass is 315 g/mol. The Bertz CT molecular complexity index is 725. The highest BCUT2D eigenvalue weighted by molar-refractivity contribution is 5.95. The first kappa shape index (κ1) is 16.7. The molecule has 6 heteroatoms. The summed E-state index contributed by atoms with van der Waals surface area (Å²) in [5.41, 5.74) is 2.24. The third-order valence-corrected chi connectivity index (χ3v) is 3.54. The molecule has 0 spiro atoms. The number of hydrogen-bond donors (Lipinski definition) is 2. The van der Waals surface area contributed by atoms with Gasteiger partial charge in [0, 0.05) is 12.2 Å². The molecular weight excluding hydrogens is 294 g/mol. The van der Waals surface area contributed by atoms with Gasteiger partial charge in [0.15, 0.2) is 0 Å². The Labute approximate surface area is 135 Å². The second kappa shape index (κ2) is 6.24. The zero-order chi connectivity index (χ0) is 17.2. The summed E-state index contributed by atoms with van der Waals surface area (Å²) in [7, 11) is 0. The van der Waals surface area contributed by atoms with Crippen LogP contribution in [0.1, 0.15) is 52.7 Å². The van der Waals surface area contributed by atoms with Gasteiger partial charge in [-0.15, -0.1) is 0 Å². The standard InChI is InChI=1S/C17H21N3O3/c1-11-14(10-19-20(11)17(2,3)4)15(21)18-9-12-5-7-13(8-6-12)16(22)23/h5-8,10H,9H2,1-4H3,(H,18,21)(H,22,23). The van der Waals surface area contributed by atoms with Crippen LogP contribution in [-0.4, -0.2) is 26.8 Å². The van der Waals surface area contributed by atoms with Crippen molar-refractivity contribution in [3.8, 4) is 0 Å². The number of carbonyl (C=O) groups excluding carboxylic acids is 1. The number of hydrogen-bond acceptors (Lipinski definition) is 3. The summed E-state index contributed by atoms with van der Waals surface area (Å²) in [6.45, 7) is 8.28. The molecule has 0 aliphatic carbocycles. The first-order valence-corrected chi connectivity index (χ1v) is 7.35. The maximum atomic E-state index is 12.3. The lowest BCUT2D eigenvalue weighted by atomic mass is 10.1. The maximum Gasteiger partial charge on any atom is 0.335 e. The van der Waals surface area contributed by atoms with Gasteiger partial charge >= 0.3 is 5.97 Å². The molecule has 0 saturated carbocycles. The lowest BCUT2D eigenvalue weighted by Crippen LogP contribution is -2.26. The lowest BCUT2D eigenvalue weighted by molar-refractivity contribution is 0.0696. The van der Waals surface area contributed by atoms with E-state index in [2.05, 4.69) is 10.4 Å². The summed E-state index contributed by atoms with van der Waals surface area (Å²) in [6.07, 6.45) is 1.57. The molecule has 23 heavy (non-hydrogen) atoms. The van der Waals surface area contributed by atoms with E-state index in [1.54, 1.807) is 18.3 Å². The first-order valence-electron chi connectivity index (χ1n) is 7.35. The number of carbonyl (C=O) groups is 2. The van der Waals surface area contributed by atoms with Crippen LogP contribution in [0.25, 0.3) is 0 Å². The number of benzene rings is 1. The van der Waals surface area contributed by atoms with Crippen molar-refractivity contribution in [3.05, 3.63) is 52.8 Å². The number of aromatic carboxylic acids is 1. The van der Waals surface area contributed by atoms with Gasteiger partial charge in [0.2, 0.25) is 0 Å². The lowest BCUT2D eigenvalue weighted by Gasteiger charge is -2.21. The fraction of sp³-hybridized carbons (Fsp3) is 0.353. The Hall–Kier alpha value is -2.63. The normalized spacial score (nSPS) is 11.3. The van der Waals surface area contributed by atoms with Crippen molar-refractivity contribution >= 4 is 11.9 Å². The highest BCUT2D eigenvalue weighted by Gasteiger charge is 2.21. The molecule has 1 aromatic carbocycles. The molecule has 0 fully saturated rings. The van der Waals surface area contributed by atoms with Crippen LogP contribution in [0.5, 0.6) is 0 Å². The number of carboxylic acids is 1. The fourth-order valence-electron chi connectivity index (χ4n) is 2.35. The highest BCUT2D eigenvalue weighted by atomic mass is 16.4. The van der Waals surface area contributed by atoms with Gasteiger partial charge in [0.1, 0.15) is 0 Å². The predicted octanol–water partition coefficient (Wildman–Crippen LogP) is 2.57. The Kier molecular flexibility index (Phi) is 4.54. The van der Waals surface area contributed by atoms with Gasteiger partial charge in [-0.2, -0.15) is 5.10 Å². The molecule has 0 radical (unpaired) electrons. The van der Waals surface area contributed by atoms with Gasteiger partial charge in [-0.3, -0.25) is 9.48 Å². The van der Waals surface area contributed by atoms with E-state index in [9.17, 15) is 9.59 Å². The van der Waals surface area contributed by atoms with Gasteiger partial charge in [0.05, 0.1) is 22.9 Å². The van der Waals surface area contributed by atoms with Crippen molar-refractivity contribution in [2.75, 3.05) is 0 Å². The van der Waals surface area contributed by atoms with Crippen molar-refractivity contribution in [1.82, 2.24) is 15.1 Å². The molecule has 0 aliphatic rings. The number of nitrogens with one attached hydrogen (secondary N) is 1. The third kappa shape index (κ3) is 3.77. The summed E-state index contributed by atoms with van der Waals surface area (Å²) in [5.74, 6) is -1.16. The van der Waals surface area contributed by atoms with Crippen molar-refractivity contribution in [2.24, 2.45) is 0 Å². The zero-order valence-corrected chi connectivity index (χ0v) is 13.8. The van der Waals surface area contributed by atoms with Crippen LogP contribution in [0, 0.1) is 6.92 Å². The van der Waals surface area contributed by atoms with Crippen molar-refractivity contribution in [3.63, 3.8) is 0 Å².